The monoisotopic (exact) mass is 258 g/mol. The van der Waals surface area contributed by atoms with Crippen molar-refractivity contribution in [2.75, 3.05) is 5.32 Å². The molecule has 1 aromatic heterocycles. The molecule has 0 unspecified atom stereocenters. The number of anilines is 1. The van der Waals surface area contributed by atoms with E-state index in [1.54, 1.807) is 0 Å². The zero-order valence-corrected chi connectivity index (χ0v) is 11.2. The van der Waals surface area contributed by atoms with Crippen LogP contribution in [0.2, 0.25) is 0 Å². The summed E-state index contributed by atoms with van der Waals surface area (Å²) in [6, 6.07) is 9.94. The SMILES string of the molecule is CCc1ccc(NC(N)=NCc2cc(C)no2)cc1. The Morgan fingerprint density at radius 3 is 2.68 bits per heavy atom. The second kappa shape index (κ2) is 6.04. The van der Waals surface area contributed by atoms with Crippen LogP contribution in [0.25, 0.3) is 0 Å². The lowest BCUT2D eigenvalue weighted by atomic mass is 10.1. The highest BCUT2D eigenvalue weighted by molar-refractivity contribution is 5.92. The Morgan fingerprint density at radius 2 is 2.11 bits per heavy atom. The van der Waals surface area contributed by atoms with E-state index in [2.05, 4.69) is 34.5 Å². The standard InChI is InChI=1S/C14H18N4O/c1-3-11-4-6-12(7-5-11)17-14(15)16-9-13-8-10(2)18-19-13/h4-8H,3,9H2,1-2H3,(H3,15,16,17). The van der Waals surface area contributed by atoms with Crippen molar-refractivity contribution in [3.05, 3.63) is 47.3 Å². The molecule has 0 spiro atoms. The number of aryl methyl sites for hydroxylation is 2. The van der Waals surface area contributed by atoms with Crippen molar-refractivity contribution < 1.29 is 4.52 Å². The van der Waals surface area contributed by atoms with Crippen LogP contribution in [0.3, 0.4) is 0 Å². The molecule has 100 valence electrons. The van der Waals surface area contributed by atoms with E-state index in [4.69, 9.17) is 10.3 Å². The third-order valence-electron chi connectivity index (χ3n) is 2.72. The Morgan fingerprint density at radius 1 is 1.37 bits per heavy atom. The fourth-order valence-corrected chi connectivity index (χ4v) is 1.67. The van der Waals surface area contributed by atoms with Gasteiger partial charge in [0, 0.05) is 11.8 Å². The molecular weight excluding hydrogens is 240 g/mol. The molecule has 0 atom stereocenters. The van der Waals surface area contributed by atoms with Crippen molar-refractivity contribution in [2.45, 2.75) is 26.8 Å². The van der Waals surface area contributed by atoms with Crippen LogP contribution in [0.1, 0.15) is 23.9 Å². The highest BCUT2D eigenvalue weighted by Crippen LogP contribution is 2.10. The lowest BCUT2D eigenvalue weighted by Gasteiger charge is -2.05. The van der Waals surface area contributed by atoms with Gasteiger partial charge in [-0.2, -0.15) is 0 Å². The van der Waals surface area contributed by atoms with E-state index in [0.717, 1.165) is 17.8 Å². The first-order valence-electron chi connectivity index (χ1n) is 6.25. The number of nitrogens with one attached hydrogen (secondary N) is 1. The molecule has 3 N–H and O–H groups in total. The predicted octanol–water partition coefficient (Wildman–Crippen LogP) is 2.47. The van der Waals surface area contributed by atoms with Gasteiger partial charge in [-0.1, -0.05) is 24.2 Å². The van der Waals surface area contributed by atoms with Gasteiger partial charge in [-0.05, 0) is 31.0 Å². The molecule has 0 aliphatic rings. The Labute approximate surface area is 112 Å². The van der Waals surface area contributed by atoms with E-state index >= 15 is 0 Å². The van der Waals surface area contributed by atoms with Crippen LogP contribution in [0.5, 0.6) is 0 Å². The van der Waals surface area contributed by atoms with Crippen molar-refractivity contribution in [3.63, 3.8) is 0 Å². The average molecular weight is 258 g/mol. The Bertz CT molecular complexity index is 557. The number of nitrogens with zero attached hydrogens (tertiary/aromatic N) is 2. The van der Waals surface area contributed by atoms with Gasteiger partial charge in [0.1, 0.15) is 6.54 Å². The molecule has 1 aromatic carbocycles. The molecular formula is C14H18N4O. The lowest BCUT2D eigenvalue weighted by molar-refractivity contribution is 0.381. The van der Waals surface area contributed by atoms with Crippen molar-refractivity contribution in [3.8, 4) is 0 Å². The lowest BCUT2D eigenvalue weighted by Crippen LogP contribution is -2.22. The number of nitrogens with two attached hydrogens (primary N) is 1. The quantitative estimate of drug-likeness (QED) is 0.652. The number of hydrogen-bond acceptors (Lipinski definition) is 3. The van der Waals surface area contributed by atoms with Crippen LogP contribution in [0, 0.1) is 6.92 Å². The smallest absolute Gasteiger partial charge is 0.193 e. The predicted molar refractivity (Wildman–Crippen MR) is 76.0 cm³/mol. The summed E-state index contributed by atoms with van der Waals surface area (Å²) >= 11 is 0. The highest BCUT2D eigenvalue weighted by atomic mass is 16.5. The molecule has 5 nitrogen and oxygen atoms in total. The van der Waals surface area contributed by atoms with E-state index < -0.39 is 0 Å². The van der Waals surface area contributed by atoms with E-state index in [1.807, 2.05) is 25.1 Å². The number of guanidine groups is 1. The first kappa shape index (κ1) is 13.1. The Kier molecular flexibility index (Phi) is 4.18. The largest absolute Gasteiger partial charge is 0.370 e. The second-order valence-corrected chi connectivity index (χ2v) is 4.31. The average Bonchev–Trinajstić information content (AvgIpc) is 2.83. The van der Waals surface area contributed by atoms with Gasteiger partial charge in [0.05, 0.1) is 5.69 Å². The summed E-state index contributed by atoms with van der Waals surface area (Å²) in [5.74, 6) is 1.06. The number of aromatic nitrogens is 1. The molecule has 2 aromatic rings. The van der Waals surface area contributed by atoms with E-state index in [1.165, 1.54) is 5.56 Å². The normalized spacial score (nSPS) is 11.6. The minimum absolute atomic E-state index is 0.360. The fourth-order valence-electron chi connectivity index (χ4n) is 1.67. The van der Waals surface area contributed by atoms with Crippen LogP contribution in [0.15, 0.2) is 39.8 Å². The maximum absolute atomic E-state index is 5.81. The van der Waals surface area contributed by atoms with Crippen LogP contribution < -0.4 is 11.1 Å². The summed E-state index contributed by atoms with van der Waals surface area (Å²) in [6.45, 7) is 4.37. The van der Waals surface area contributed by atoms with Crippen LogP contribution in [-0.4, -0.2) is 11.1 Å². The summed E-state index contributed by atoms with van der Waals surface area (Å²) in [5, 5.41) is 6.83. The molecule has 5 heteroatoms. The molecule has 19 heavy (non-hydrogen) atoms. The number of benzene rings is 1. The number of hydrogen-bond donors (Lipinski definition) is 2. The minimum atomic E-state index is 0.360. The van der Waals surface area contributed by atoms with Crippen molar-refractivity contribution >= 4 is 11.6 Å². The van der Waals surface area contributed by atoms with Gasteiger partial charge in [0.25, 0.3) is 0 Å². The van der Waals surface area contributed by atoms with E-state index in [0.29, 0.717) is 18.3 Å². The summed E-state index contributed by atoms with van der Waals surface area (Å²) < 4.78 is 5.05. The Hall–Kier alpha value is -2.30. The molecule has 0 bridgehead atoms. The van der Waals surface area contributed by atoms with Crippen LogP contribution in [-0.2, 0) is 13.0 Å². The first-order chi connectivity index (χ1) is 9.17. The summed E-state index contributed by atoms with van der Waals surface area (Å²) in [4.78, 5) is 4.20. The number of aliphatic imine (C=N–C) groups is 1. The van der Waals surface area contributed by atoms with Gasteiger partial charge in [0.15, 0.2) is 11.7 Å². The zero-order valence-electron chi connectivity index (χ0n) is 11.2. The maximum Gasteiger partial charge on any atom is 0.193 e. The number of rotatable bonds is 4. The zero-order chi connectivity index (χ0) is 13.7. The fraction of sp³-hybridized carbons (Fsp3) is 0.286. The molecule has 0 fully saturated rings. The molecule has 1 heterocycles. The second-order valence-electron chi connectivity index (χ2n) is 4.31. The van der Waals surface area contributed by atoms with E-state index in [9.17, 15) is 0 Å². The van der Waals surface area contributed by atoms with Crippen LogP contribution in [0.4, 0.5) is 5.69 Å². The Balaban J connectivity index is 1.93. The van der Waals surface area contributed by atoms with Crippen molar-refractivity contribution in [2.24, 2.45) is 10.7 Å². The third kappa shape index (κ3) is 3.84. The molecule has 0 saturated carbocycles. The maximum atomic E-state index is 5.81. The first-order valence-corrected chi connectivity index (χ1v) is 6.25. The van der Waals surface area contributed by atoms with Gasteiger partial charge >= 0.3 is 0 Å². The molecule has 0 radical (unpaired) electrons. The topological polar surface area (TPSA) is 76.4 Å². The molecule has 0 saturated heterocycles. The summed E-state index contributed by atoms with van der Waals surface area (Å²) in [6.07, 6.45) is 1.02. The summed E-state index contributed by atoms with van der Waals surface area (Å²) in [7, 11) is 0. The van der Waals surface area contributed by atoms with Crippen molar-refractivity contribution in [1.29, 1.82) is 0 Å². The van der Waals surface area contributed by atoms with Gasteiger partial charge in [-0.3, -0.25) is 0 Å². The van der Waals surface area contributed by atoms with Gasteiger partial charge in [0.2, 0.25) is 0 Å². The molecule has 0 amide bonds. The van der Waals surface area contributed by atoms with Gasteiger partial charge in [-0.15, -0.1) is 0 Å². The van der Waals surface area contributed by atoms with E-state index in [-0.39, 0.29) is 0 Å². The minimum Gasteiger partial charge on any atom is -0.370 e. The molecule has 2 rings (SSSR count). The van der Waals surface area contributed by atoms with Gasteiger partial charge in [-0.25, -0.2) is 4.99 Å². The molecule has 0 aliphatic heterocycles. The van der Waals surface area contributed by atoms with Crippen LogP contribution >= 0.6 is 0 Å². The summed E-state index contributed by atoms with van der Waals surface area (Å²) in [5.41, 5.74) is 8.86. The highest BCUT2D eigenvalue weighted by Gasteiger charge is 2.00. The third-order valence-corrected chi connectivity index (χ3v) is 2.72. The molecule has 0 aliphatic carbocycles. The van der Waals surface area contributed by atoms with Crippen molar-refractivity contribution in [1.82, 2.24) is 5.16 Å². The van der Waals surface area contributed by atoms with Gasteiger partial charge < -0.3 is 15.6 Å².